The van der Waals surface area contributed by atoms with Crippen LogP contribution in [0.25, 0.3) is 10.2 Å². The highest BCUT2D eigenvalue weighted by atomic mass is 32.1. The van der Waals surface area contributed by atoms with Gasteiger partial charge in [-0.2, -0.15) is 0 Å². The number of piperidine rings is 1. The number of anilines is 1. The first-order valence-electron chi connectivity index (χ1n) is 9.55. The topological polar surface area (TPSA) is 63.7 Å². The van der Waals surface area contributed by atoms with E-state index in [1.807, 2.05) is 30.3 Å². The fraction of sp³-hybridized carbons (Fsp3) is 0.333. The van der Waals surface area contributed by atoms with Gasteiger partial charge < -0.3 is 14.8 Å². The van der Waals surface area contributed by atoms with Crippen molar-refractivity contribution in [2.45, 2.75) is 25.3 Å². The number of fused-ring (bicyclic) bond motifs is 2. The number of likely N-dealkylation sites (tertiary alicyclic amines) is 1. The van der Waals surface area contributed by atoms with Crippen LogP contribution in [0.4, 0.5) is 5.69 Å². The number of aromatic nitrogens is 1. The fourth-order valence-electron chi connectivity index (χ4n) is 3.85. The van der Waals surface area contributed by atoms with Gasteiger partial charge in [0.15, 0.2) is 11.5 Å². The first-order valence-corrected chi connectivity index (χ1v) is 10.4. The molecule has 5 rings (SSSR count). The number of ether oxygens (including phenoxy) is 2. The predicted molar refractivity (Wildman–Crippen MR) is 109 cm³/mol. The van der Waals surface area contributed by atoms with Crippen LogP contribution in [-0.4, -0.2) is 35.7 Å². The fourth-order valence-corrected chi connectivity index (χ4v) is 4.99. The maximum absolute atomic E-state index is 12.7. The number of carbonyl (C=O) groups excluding carboxylic acids is 1. The van der Waals surface area contributed by atoms with E-state index in [0.29, 0.717) is 18.0 Å². The lowest BCUT2D eigenvalue weighted by Crippen LogP contribution is -2.39. The van der Waals surface area contributed by atoms with Gasteiger partial charge >= 0.3 is 0 Å². The Morgan fingerprint density at radius 1 is 1.18 bits per heavy atom. The summed E-state index contributed by atoms with van der Waals surface area (Å²) >= 11 is 1.74. The largest absolute Gasteiger partial charge is 0.454 e. The van der Waals surface area contributed by atoms with Crippen molar-refractivity contribution in [3.63, 3.8) is 0 Å². The SMILES string of the molecule is O=C(CN1CCCCC1c1nc2ccccc2s1)Nc1ccc2c(c1)OCO2. The van der Waals surface area contributed by atoms with Crippen LogP contribution in [0.15, 0.2) is 42.5 Å². The number of hydrogen-bond acceptors (Lipinski definition) is 6. The molecule has 1 N–H and O–H groups in total. The Labute approximate surface area is 167 Å². The summed E-state index contributed by atoms with van der Waals surface area (Å²) < 4.78 is 11.9. The lowest BCUT2D eigenvalue weighted by molar-refractivity contribution is -0.118. The minimum Gasteiger partial charge on any atom is -0.454 e. The van der Waals surface area contributed by atoms with Crippen molar-refractivity contribution < 1.29 is 14.3 Å². The van der Waals surface area contributed by atoms with Crippen LogP contribution in [0, 0.1) is 0 Å². The van der Waals surface area contributed by atoms with Crippen LogP contribution in [0.3, 0.4) is 0 Å². The van der Waals surface area contributed by atoms with Crippen molar-refractivity contribution in [2.24, 2.45) is 0 Å². The van der Waals surface area contributed by atoms with E-state index < -0.39 is 0 Å². The quantitative estimate of drug-likeness (QED) is 0.718. The smallest absolute Gasteiger partial charge is 0.238 e. The van der Waals surface area contributed by atoms with Crippen molar-refractivity contribution in [2.75, 3.05) is 25.2 Å². The molecule has 3 heterocycles. The van der Waals surface area contributed by atoms with E-state index in [1.165, 1.54) is 11.1 Å². The normalized spacial score (nSPS) is 19.1. The molecule has 7 heteroatoms. The standard InChI is InChI=1S/C21H21N3O3S/c25-20(22-14-8-9-17-18(11-14)27-13-26-17)12-24-10-4-3-6-16(24)21-23-15-5-1-2-7-19(15)28-21/h1-2,5,7-9,11,16H,3-4,6,10,12-13H2,(H,22,25). The van der Waals surface area contributed by atoms with Gasteiger partial charge in [0.05, 0.1) is 22.8 Å². The molecular weight excluding hydrogens is 374 g/mol. The number of carbonyl (C=O) groups is 1. The van der Waals surface area contributed by atoms with Gasteiger partial charge in [0.1, 0.15) is 5.01 Å². The van der Waals surface area contributed by atoms with Gasteiger partial charge in [-0.15, -0.1) is 11.3 Å². The number of thiazole rings is 1. The molecule has 0 saturated carbocycles. The molecule has 144 valence electrons. The highest BCUT2D eigenvalue weighted by Gasteiger charge is 2.28. The predicted octanol–water partition coefficient (Wildman–Crippen LogP) is 4.19. The number of benzene rings is 2. The number of nitrogens with one attached hydrogen (secondary N) is 1. The second kappa shape index (κ2) is 7.41. The zero-order chi connectivity index (χ0) is 18.9. The molecular formula is C21H21N3O3S. The number of nitrogens with zero attached hydrogens (tertiary/aromatic N) is 2. The van der Waals surface area contributed by atoms with Crippen molar-refractivity contribution in [1.29, 1.82) is 0 Å². The van der Waals surface area contributed by atoms with E-state index in [0.717, 1.165) is 35.6 Å². The summed E-state index contributed by atoms with van der Waals surface area (Å²) in [5.74, 6) is 1.36. The lowest BCUT2D eigenvalue weighted by Gasteiger charge is -2.33. The van der Waals surface area contributed by atoms with E-state index >= 15 is 0 Å². The molecule has 0 spiro atoms. The van der Waals surface area contributed by atoms with Crippen LogP contribution >= 0.6 is 11.3 Å². The Morgan fingerprint density at radius 2 is 2.07 bits per heavy atom. The third kappa shape index (κ3) is 3.43. The second-order valence-electron chi connectivity index (χ2n) is 7.12. The molecule has 2 aliphatic rings. The zero-order valence-corrected chi connectivity index (χ0v) is 16.2. The summed E-state index contributed by atoms with van der Waals surface area (Å²) in [6, 6.07) is 13.9. The molecule has 1 amide bonds. The van der Waals surface area contributed by atoms with Crippen LogP contribution < -0.4 is 14.8 Å². The molecule has 1 unspecified atom stereocenters. The van der Waals surface area contributed by atoms with Gasteiger partial charge in [-0.05, 0) is 43.7 Å². The molecule has 1 fully saturated rings. The molecule has 6 nitrogen and oxygen atoms in total. The van der Waals surface area contributed by atoms with E-state index in [1.54, 1.807) is 11.3 Å². The van der Waals surface area contributed by atoms with Crippen LogP contribution in [0.5, 0.6) is 11.5 Å². The van der Waals surface area contributed by atoms with E-state index in [2.05, 4.69) is 22.3 Å². The average molecular weight is 395 g/mol. The number of amides is 1. The van der Waals surface area contributed by atoms with Crippen molar-refractivity contribution in [3.05, 3.63) is 47.5 Å². The molecule has 2 aromatic carbocycles. The average Bonchev–Trinajstić information content (AvgIpc) is 3.34. The number of para-hydroxylation sites is 1. The summed E-state index contributed by atoms with van der Waals surface area (Å²) in [7, 11) is 0. The minimum absolute atomic E-state index is 0.0214. The Morgan fingerprint density at radius 3 is 3.00 bits per heavy atom. The van der Waals surface area contributed by atoms with Gasteiger partial charge in [0, 0.05) is 11.8 Å². The molecule has 0 radical (unpaired) electrons. The highest BCUT2D eigenvalue weighted by Crippen LogP contribution is 2.36. The lowest BCUT2D eigenvalue weighted by atomic mass is 10.0. The number of hydrogen-bond donors (Lipinski definition) is 1. The van der Waals surface area contributed by atoms with Crippen LogP contribution in [0.2, 0.25) is 0 Å². The highest BCUT2D eigenvalue weighted by molar-refractivity contribution is 7.18. The van der Waals surface area contributed by atoms with Crippen molar-refractivity contribution >= 4 is 33.1 Å². The Kier molecular flexibility index (Phi) is 4.62. The molecule has 1 atom stereocenters. The third-order valence-corrected chi connectivity index (χ3v) is 6.35. The molecule has 2 aliphatic heterocycles. The van der Waals surface area contributed by atoms with E-state index in [9.17, 15) is 4.79 Å². The summed E-state index contributed by atoms with van der Waals surface area (Å²) in [6.07, 6.45) is 3.32. The van der Waals surface area contributed by atoms with Gasteiger partial charge in [-0.3, -0.25) is 9.69 Å². The van der Waals surface area contributed by atoms with E-state index in [4.69, 9.17) is 14.5 Å². The third-order valence-electron chi connectivity index (χ3n) is 5.21. The molecule has 0 aliphatic carbocycles. The van der Waals surface area contributed by atoms with Crippen molar-refractivity contribution in [3.8, 4) is 11.5 Å². The minimum atomic E-state index is -0.0214. The van der Waals surface area contributed by atoms with Gasteiger partial charge in [-0.1, -0.05) is 18.6 Å². The first-order chi connectivity index (χ1) is 13.8. The molecule has 3 aromatic rings. The van der Waals surface area contributed by atoms with Gasteiger partial charge in [0.25, 0.3) is 0 Å². The first kappa shape index (κ1) is 17.5. The molecule has 1 saturated heterocycles. The van der Waals surface area contributed by atoms with E-state index in [-0.39, 0.29) is 18.7 Å². The summed E-state index contributed by atoms with van der Waals surface area (Å²) in [6.45, 7) is 1.49. The second-order valence-corrected chi connectivity index (χ2v) is 8.18. The molecule has 0 bridgehead atoms. The summed E-state index contributed by atoms with van der Waals surface area (Å²) in [5.41, 5.74) is 1.76. The van der Waals surface area contributed by atoms with Crippen LogP contribution in [-0.2, 0) is 4.79 Å². The maximum Gasteiger partial charge on any atom is 0.238 e. The molecule has 28 heavy (non-hydrogen) atoms. The van der Waals surface area contributed by atoms with Crippen molar-refractivity contribution in [1.82, 2.24) is 9.88 Å². The monoisotopic (exact) mass is 395 g/mol. The summed E-state index contributed by atoms with van der Waals surface area (Å²) in [5, 5.41) is 4.09. The van der Waals surface area contributed by atoms with Gasteiger partial charge in [0.2, 0.25) is 12.7 Å². The Hall–Kier alpha value is -2.64. The summed E-state index contributed by atoms with van der Waals surface area (Å²) in [4.78, 5) is 19.8. The van der Waals surface area contributed by atoms with Crippen LogP contribution in [0.1, 0.15) is 30.3 Å². The Balaban J connectivity index is 1.30. The van der Waals surface area contributed by atoms with Gasteiger partial charge in [-0.25, -0.2) is 4.98 Å². The zero-order valence-electron chi connectivity index (χ0n) is 15.4. The number of rotatable bonds is 4. The Bertz CT molecular complexity index is 986. The molecule has 1 aromatic heterocycles. The maximum atomic E-state index is 12.7.